The number of nitrogens with one attached hydrogen (secondary N) is 1. The highest BCUT2D eigenvalue weighted by Gasteiger charge is 2.18. The number of aromatic nitrogens is 1. The third-order valence-corrected chi connectivity index (χ3v) is 6.84. The lowest BCUT2D eigenvalue weighted by Crippen LogP contribution is -2.35. The molecule has 0 unspecified atom stereocenters. The Morgan fingerprint density at radius 2 is 1.84 bits per heavy atom. The molecule has 8 nitrogen and oxygen atoms in total. The standard InChI is InChI=1S/C29H32ClN3O5/c1-32-17-26(29(37)31-15-20-5-7-24(30)8-6-20)28(36)25-14-22(16-33-9-11-38-12-10-33)13-23(27(25)32)4-2-3-21(18-34)19-35/h5-8,13-14,17,21,34-35H,3,9-12,15-16,18-19H2,1H3,(H,31,37). The molecule has 0 spiro atoms. The van der Waals surface area contributed by atoms with Crippen molar-refractivity contribution in [1.29, 1.82) is 0 Å². The Morgan fingerprint density at radius 1 is 1.13 bits per heavy atom. The van der Waals surface area contributed by atoms with E-state index in [0.29, 0.717) is 47.7 Å². The molecule has 1 aliphatic heterocycles. The monoisotopic (exact) mass is 537 g/mol. The minimum absolute atomic E-state index is 0.0528. The number of carbonyl (C=O) groups is 1. The lowest BCUT2D eigenvalue weighted by molar-refractivity contribution is 0.0342. The number of aryl methyl sites for hydroxylation is 1. The third kappa shape index (κ3) is 6.81. The van der Waals surface area contributed by atoms with Crippen molar-refractivity contribution < 1.29 is 19.7 Å². The number of morpholine rings is 1. The second-order valence-corrected chi connectivity index (χ2v) is 9.89. The van der Waals surface area contributed by atoms with Gasteiger partial charge >= 0.3 is 0 Å². The Balaban J connectivity index is 1.71. The normalized spacial score (nSPS) is 13.9. The van der Waals surface area contributed by atoms with Crippen molar-refractivity contribution in [3.8, 4) is 11.8 Å². The first kappa shape index (κ1) is 27.8. The van der Waals surface area contributed by atoms with Crippen molar-refractivity contribution in [2.75, 3.05) is 39.5 Å². The molecule has 1 saturated heterocycles. The summed E-state index contributed by atoms with van der Waals surface area (Å²) in [6.07, 6.45) is 1.86. The van der Waals surface area contributed by atoms with Crippen LogP contribution in [0.2, 0.25) is 5.02 Å². The highest BCUT2D eigenvalue weighted by molar-refractivity contribution is 6.30. The summed E-state index contributed by atoms with van der Waals surface area (Å²) in [5, 5.41) is 22.6. The molecular weight excluding hydrogens is 506 g/mol. The van der Waals surface area contributed by atoms with E-state index in [1.54, 1.807) is 29.9 Å². The first-order valence-corrected chi connectivity index (χ1v) is 13.0. The number of nitrogens with zero attached hydrogens (tertiary/aromatic N) is 2. The number of carbonyl (C=O) groups excluding carboxylic acids is 1. The number of hydrogen-bond acceptors (Lipinski definition) is 6. The fraction of sp³-hybridized carbons (Fsp3) is 0.379. The van der Waals surface area contributed by atoms with E-state index in [9.17, 15) is 19.8 Å². The topological polar surface area (TPSA) is 104 Å². The molecule has 1 amide bonds. The summed E-state index contributed by atoms with van der Waals surface area (Å²) in [4.78, 5) is 28.9. The van der Waals surface area contributed by atoms with Gasteiger partial charge in [-0.15, -0.1) is 0 Å². The van der Waals surface area contributed by atoms with Crippen molar-refractivity contribution >= 4 is 28.4 Å². The lowest BCUT2D eigenvalue weighted by atomic mass is 10.0. The molecule has 0 atom stereocenters. The Morgan fingerprint density at radius 3 is 2.53 bits per heavy atom. The zero-order valence-corrected chi connectivity index (χ0v) is 22.1. The minimum Gasteiger partial charge on any atom is -0.396 e. The first-order chi connectivity index (χ1) is 18.4. The fourth-order valence-corrected chi connectivity index (χ4v) is 4.56. The van der Waals surface area contributed by atoms with E-state index in [-0.39, 0.29) is 36.7 Å². The molecule has 3 aromatic rings. The number of rotatable bonds is 8. The van der Waals surface area contributed by atoms with Crippen LogP contribution in [0.5, 0.6) is 0 Å². The van der Waals surface area contributed by atoms with Gasteiger partial charge in [-0.1, -0.05) is 35.6 Å². The predicted molar refractivity (Wildman–Crippen MR) is 147 cm³/mol. The summed E-state index contributed by atoms with van der Waals surface area (Å²) in [7, 11) is 1.79. The van der Waals surface area contributed by atoms with Crippen molar-refractivity contribution in [1.82, 2.24) is 14.8 Å². The van der Waals surface area contributed by atoms with Crippen LogP contribution < -0.4 is 10.7 Å². The van der Waals surface area contributed by atoms with Crippen LogP contribution in [0.4, 0.5) is 0 Å². The summed E-state index contributed by atoms with van der Waals surface area (Å²) >= 11 is 5.94. The summed E-state index contributed by atoms with van der Waals surface area (Å²) in [5.74, 6) is 5.41. The van der Waals surface area contributed by atoms with Gasteiger partial charge in [0.25, 0.3) is 5.91 Å². The highest BCUT2D eigenvalue weighted by atomic mass is 35.5. The van der Waals surface area contributed by atoms with Crippen LogP contribution in [0.15, 0.2) is 47.4 Å². The van der Waals surface area contributed by atoms with E-state index in [0.717, 1.165) is 24.2 Å². The van der Waals surface area contributed by atoms with Gasteiger partial charge in [0.2, 0.25) is 5.43 Å². The molecule has 200 valence electrons. The van der Waals surface area contributed by atoms with Crippen molar-refractivity contribution in [2.24, 2.45) is 13.0 Å². The maximum Gasteiger partial charge on any atom is 0.257 e. The molecule has 38 heavy (non-hydrogen) atoms. The van der Waals surface area contributed by atoms with E-state index in [2.05, 4.69) is 22.1 Å². The van der Waals surface area contributed by atoms with Crippen LogP contribution in [0.1, 0.15) is 33.5 Å². The zero-order chi connectivity index (χ0) is 27.1. The number of pyridine rings is 1. The number of aliphatic hydroxyl groups excluding tert-OH is 2. The van der Waals surface area contributed by atoms with Gasteiger partial charge in [-0.2, -0.15) is 0 Å². The summed E-state index contributed by atoms with van der Waals surface area (Å²) in [6, 6.07) is 11.0. The molecule has 4 rings (SSSR count). The molecule has 2 aromatic carbocycles. The Bertz CT molecular complexity index is 1400. The molecule has 0 bridgehead atoms. The summed E-state index contributed by atoms with van der Waals surface area (Å²) in [6.45, 7) is 3.47. The number of amides is 1. The average molecular weight is 538 g/mol. The van der Waals surface area contributed by atoms with Crippen LogP contribution in [-0.4, -0.2) is 65.1 Å². The van der Waals surface area contributed by atoms with Gasteiger partial charge in [-0.3, -0.25) is 14.5 Å². The minimum atomic E-state index is -0.456. The van der Waals surface area contributed by atoms with Crippen LogP contribution >= 0.6 is 11.6 Å². The molecule has 3 N–H and O–H groups in total. The van der Waals surface area contributed by atoms with Gasteiger partial charge in [0.05, 0.1) is 18.7 Å². The molecule has 2 heterocycles. The molecule has 1 fully saturated rings. The summed E-state index contributed by atoms with van der Waals surface area (Å²) < 4.78 is 7.21. The smallest absolute Gasteiger partial charge is 0.257 e. The molecule has 1 aromatic heterocycles. The van der Waals surface area contributed by atoms with E-state index in [4.69, 9.17) is 16.3 Å². The first-order valence-electron chi connectivity index (χ1n) is 12.6. The van der Waals surface area contributed by atoms with Gasteiger partial charge in [0.1, 0.15) is 5.56 Å². The zero-order valence-electron chi connectivity index (χ0n) is 21.4. The van der Waals surface area contributed by atoms with Crippen LogP contribution in [0.25, 0.3) is 10.9 Å². The maximum atomic E-state index is 13.6. The Hall–Kier alpha value is -3.19. The highest BCUT2D eigenvalue weighted by Crippen LogP contribution is 2.21. The molecule has 0 aliphatic carbocycles. The predicted octanol–water partition coefficient (Wildman–Crippen LogP) is 2.30. The van der Waals surface area contributed by atoms with E-state index >= 15 is 0 Å². The number of fused-ring (bicyclic) bond motifs is 1. The summed E-state index contributed by atoms with van der Waals surface area (Å²) in [5.41, 5.74) is 2.77. The van der Waals surface area contributed by atoms with Crippen LogP contribution in [0, 0.1) is 17.8 Å². The number of aliphatic hydroxyl groups is 2. The lowest BCUT2D eigenvalue weighted by Gasteiger charge is -2.26. The Kier molecular flexibility index (Phi) is 9.56. The SMILES string of the molecule is Cn1cc(C(=O)NCc2ccc(Cl)cc2)c(=O)c2cc(CN3CCOCC3)cc(C#CCC(CO)CO)c21. The van der Waals surface area contributed by atoms with Gasteiger partial charge in [-0.05, 0) is 35.4 Å². The number of halogens is 1. The second-order valence-electron chi connectivity index (χ2n) is 9.46. The van der Waals surface area contributed by atoms with E-state index < -0.39 is 5.91 Å². The number of benzene rings is 2. The molecular formula is C29H32ClN3O5. The van der Waals surface area contributed by atoms with Crippen molar-refractivity contribution in [2.45, 2.75) is 19.5 Å². The van der Waals surface area contributed by atoms with Crippen LogP contribution in [-0.2, 0) is 24.9 Å². The largest absolute Gasteiger partial charge is 0.396 e. The van der Waals surface area contributed by atoms with Gasteiger partial charge in [-0.25, -0.2) is 0 Å². The number of ether oxygens (including phenoxy) is 1. The van der Waals surface area contributed by atoms with Gasteiger partial charge < -0.3 is 24.8 Å². The Labute approximate surface area is 226 Å². The average Bonchev–Trinajstić information content (AvgIpc) is 2.93. The van der Waals surface area contributed by atoms with Gasteiger partial charge in [0, 0.05) is 80.9 Å². The number of hydrogen-bond donors (Lipinski definition) is 3. The van der Waals surface area contributed by atoms with E-state index in [1.807, 2.05) is 24.3 Å². The van der Waals surface area contributed by atoms with E-state index in [1.165, 1.54) is 0 Å². The second kappa shape index (κ2) is 13.1. The van der Waals surface area contributed by atoms with Crippen molar-refractivity contribution in [3.63, 3.8) is 0 Å². The third-order valence-electron chi connectivity index (χ3n) is 6.59. The maximum absolute atomic E-state index is 13.6. The quantitative estimate of drug-likeness (QED) is 0.381. The van der Waals surface area contributed by atoms with Crippen molar-refractivity contribution in [3.05, 3.63) is 80.1 Å². The van der Waals surface area contributed by atoms with Crippen LogP contribution in [0.3, 0.4) is 0 Å². The molecule has 1 aliphatic rings. The molecule has 0 radical (unpaired) electrons. The fourth-order valence-electron chi connectivity index (χ4n) is 4.43. The molecule has 0 saturated carbocycles. The van der Waals surface area contributed by atoms with Gasteiger partial charge in [0.15, 0.2) is 0 Å². The molecule has 9 heteroatoms.